The Morgan fingerprint density at radius 1 is 1.10 bits per heavy atom. The fourth-order valence-electron chi connectivity index (χ4n) is 3.27. The van der Waals surface area contributed by atoms with Crippen molar-refractivity contribution in [3.8, 4) is 11.4 Å². The molecular weight excluding hydrogens is 370 g/mol. The molecule has 5 rings (SSSR count). The van der Waals surface area contributed by atoms with Crippen LogP contribution in [0.3, 0.4) is 0 Å². The van der Waals surface area contributed by atoms with Crippen LogP contribution in [-0.2, 0) is 11.3 Å². The second-order valence-electron chi connectivity index (χ2n) is 6.99. The Labute approximate surface area is 165 Å². The van der Waals surface area contributed by atoms with Crippen molar-refractivity contribution in [3.05, 3.63) is 65.0 Å². The smallest absolute Gasteiger partial charge is 0.246 e. The molecule has 1 N–H and O–H groups in total. The molecular formula is C20H17N7O2. The van der Waals surface area contributed by atoms with Crippen molar-refractivity contribution in [2.24, 2.45) is 0 Å². The highest BCUT2D eigenvalue weighted by molar-refractivity contribution is 5.91. The van der Waals surface area contributed by atoms with Crippen LogP contribution in [0.5, 0.6) is 0 Å². The molecule has 2 aromatic carbocycles. The lowest BCUT2D eigenvalue weighted by molar-refractivity contribution is -0.116. The van der Waals surface area contributed by atoms with E-state index < -0.39 is 0 Å². The van der Waals surface area contributed by atoms with Crippen molar-refractivity contribution in [3.63, 3.8) is 0 Å². The third kappa shape index (κ3) is 3.38. The lowest BCUT2D eigenvalue weighted by atomic mass is 10.2. The zero-order valence-corrected chi connectivity index (χ0v) is 15.4. The first kappa shape index (κ1) is 17.2. The minimum Gasteiger partial charge on any atom is -0.324 e. The number of rotatable bonds is 5. The first-order valence-corrected chi connectivity index (χ1v) is 9.32. The number of para-hydroxylation sites is 1. The molecule has 0 unspecified atom stereocenters. The molecule has 1 aliphatic rings. The maximum atomic E-state index is 12.5. The summed E-state index contributed by atoms with van der Waals surface area (Å²) in [6.07, 6.45) is 3.42. The lowest BCUT2D eigenvalue weighted by Gasteiger charge is -2.10. The average Bonchev–Trinajstić information content (AvgIpc) is 3.47. The second-order valence-corrected chi connectivity index (χ2v) is 6.99. The molecule has 144 valence electrons. The van der Waals surface area contributed by atoms with Crippen molar-refractivity contribution < 1.29 is 4.79 Å². The Hall–Kier alpha value is -3.88. The molecule has 0 radical (unpaired) electrons. The van der Waals surface area contributed by atoms with Gasteiger partial charge in [-0.15, -0.1) is 5.10 Å². The Morgan fingerprint density at radius 2 is 1.90 bits per heavy atom. The monoisotopic (exact) mass is 387 g/mol. The molecule has 1 fully saturated rings. The number of amides is 1. The highest BCUT2D eigenvalue weighted by Crippen LogP contribution is 2.36. The minimum atomic E-state index is -0.234. The van der Waals surface area contributed by atoms with Gasteiger partial charge in [-0.05, 0) is 59.7 Å². The third-order valence-electron chi connectivity index (χ3n) is 4.87. The number of tetrazole rings is 1. The molecule has 0 saturated heterocycles. The SMILES string of the molecule is O=C(Cn1ncc(=O)c2ccccc21)Nc1ccc(-c2nnnn2C2CC2)cc1. The summed E-state index contributed by atoms with van der Waals surface area (Å²) < 4.78 is 3.37. The van der Waals surface area contributed by atoms with Gasteiger partial charge in [-0.3, -0.25) is 14.3 Å². The summed E-state index contributed by atoms with van der Waals surface area (Å²) in [4.78, 5) is 24.4. The number of carbonyl (C=O) groups excluding carboxylic acids is 1. The Bertz CT molecular complexity index is 1260. The van der Waals surface area contributed by atoms with Gasteiger partial charge < -0.3 is 5.32 Å². The number of benzene rings is 2. The molecule has 0 spiro atoms. The molecule has 1 aliphatic carbocycles. The zero-order valence-electron chi connectivity index (χ0n) is 15.4. The van der Waals surface area contributed by atoms with Crippen LogP contribution in [0.4, 0.5) is 5.69 Å². The molecule has 0 aliphatic heterocycles. The van der Waals surface area contributed by atoms with Crippen molar-refractivity contribution in [1.29, 1.82) is 0 Å². The number of nitrogens with one attached hydrogen (secondary N) is 1. The zero-order chi connectivity index (χ0) is 19.8. The normalized spacial score (nSPS) is 13.5. The van der Waals surface area contributed by atoms with Crippen LogP contribution in [-0.4, -0.2) is 35.9 Å². The summed E-state index contributed by atoms with van der Waals surface area (Å²) in [5, 5.41) is 19.4. The first-order valence-electron chi connectivity index (χ1n) is 9.32. The molecule has 9 heteroatoms. The van der Waals surface area contributed by atoms with E-state index in [1.54, 1.807) is 18.2 Å². The molecule has 29 heavy (non-hydrogen) atoms. The molecule has 9 nitrogen and oxygen atoms in total. The number of nitrogens with zero attached hydrogens (tertiary/aromatic N) is 6. The van der Waals surface area contributed by atoms with Gasteiger partial charge in [0.15, 0.2) is 5.82 Å². The van der Waals surface area contributed by atoms with Crippen molar-refractivity contribution in [2.75, 3.05) is 5.32 Å². The molecule has 0 bridgehead atoms. The van der Waals surface area contributed by atoms with Crippen molar-refractivity contribution in [1.82, 2.24) is 30.0 Å². The van der Waals surface area contributed by atoms with E-state index in [2.05, 4.69) is 25.9 Å². The number of anilines is 1. The lowest BCUT2D eigenvalue weighted by Crippen LogP contribution is -2.22. The van der Waals surface area contributed by atoms with Crippen molar-refractivity contribution >= 4 is 22.5 Å². The van der Waals surface area contributed by atoms with Crippen LogP contribution in [0.25, 0.3) is 22.3 Å². The summed E-state index contributed by atoms with van der Waals surface area (Å²) in [5.74, 6) is 0.496. The summed E-state index contributed by atoms with van der Waals surface area (Å²) >= 11 is 0. The first-order chi connectivity index (χ1) is 14.2. The van der Waals surface area contributed by atoms with Crippen LogP contribution in [0.15, 0.2) is 59.5 Å². The topological polar surface area (TPSA) is 108 Å². The van der Waals surface area contributed by atoms with E-state index in [0.717, 1.165) is 24.2 Å². The summed E-state index contributed by atoms with van der Waals surface area (Å²) in [6.45, 7) is 0.00245. The van der Waals surface area contributed by atoms with Gasteiger partial charge in [-0.25, -0.2) is 4.68 Å². The van der Waals surface area contributed by atoms with Crippen LogP contribution >= 0.6 is 0 Å². The van der Waals surface area contributed by atoms with Crippen LogP contribution < -0.4 is 10.7 Å². The van der Waals surface area contributed by atoms with E-state index >= 15 is 0 Å². The quantitative estimate of drug-likeness (QED) is 0.561. The Balaban J connectivity index is 1.32. The average molecular weight is 387 g/mol. The summed E-state index contributed by atoms with van der Waals surface area (Å²) in [5.41, 5.74) is 2.02. The second kappa shape index (κ2) is 6.93. The predicted octanol–water partition coefficient (Wildman–Crippen LogP) is 2.02. The molecule has 1 saturated carbocycles. The van der Waals surface area contributed by atoms with E-state index in [0.29, 0.717) is 22.6 Å². The van der Waals surface area contributed by atoms with Crippen LogP contribution in [0.1, 0.15) is 18.9 Å². The fourth-order valence-corrected chi connectivity index (χ4v) is 3.27. The summed E-state index contributed by atoms with van der Waals surface area (Å²) in [7, 11) is 0. The number of hydrogen-bond donors (Lipinski definition) is 1. The van der Waals surface area contributed by atoms with E-state index in [1.807, 2.05) is 35.0 Å². The highest BCUT2D eigenvalue weighted by atomic mass is 16.2. The Kier molecular flexibility index (Phi) is 4.12. The van der Waals surface area contributed by atoms with Crippen LogP contribution in [0, 0.1) is 0 Å². The van der Waals surface area contributed by atoms with Gasteiger partial charge in [0.1, 0.15) is 6.54 Å². The summed E-state index contributed by atoms with van der Waals surface area (Å²) in [6, 6.07) is 14.9. The number of carbonyl (C=O) groups is 1. The molecule has 1 amide bonds. The maximum absolute atomic E-state index is 12.5. The third-order valence-corrected chi connectivity index (χ3v) is 4.87. The minimum absolute atomic E-state index is 0.00245. The van der Waals surface area contributed by atoms with E-state index in [4.69, 9.17) is 0 Å². The fraction of sp³-hybridized carbons (Fsp3) is 0.200. The van der Waals surface area contributed by atoms with Gasteiger partial charge in [0.2, 0.25) is 11.3 Å². The van der Waals surface area contributed by atoms with Gasteiger partial charge >= 0.3 is 0 Å². The number of aromatic nitrogens is 6. The van der Waals surface area contributed by atoms with Gasteiger partial charge in [0.25, 0.3) is 0 Å². The largest absolute Gasteiger partial charge is 0.324 e. The van der Waals surface area contributed by atoms with E-state index in [9.17, 15) is 9.59 Å². The number of fused-ring (bicyclic) bond motifs is 1. The van der Waals surface area contributed by atoms with Gasteiger partial charge in [-0.2, -0.15) is 5.10 Å². The molecule has 2 heterocycles. The predicted molar refractivity (Wildman–Crippen MR) is 106 cm³/mol. The molecule has 0 atom stereocenters. The highest BCUT2D eigenvalue weighted by Gasteiger charge is 2.28. The van der Waals surface area contributed by atoms with E-state index in [-0.39, 0.29) is 17.9 Å². The molecule has 2 aromatic heterocycles. The van der Waals surface area contributed by atoms with Crippen molar-refractivity contribution in [2.45, 2.75) is 25.4 Å². The van der Waals surface area contributed by atoms with Gasteiger partial charge in [0.05, 0.1) is 17.8 Å². The van der Waals surface area contributed by atoms with Gasteiger partial charge in [-0.1, -0.05) is 12.1 Å². The van der Waals surface area contributed by atoms with Crippen LogP contribution in [0.2, 0.25) is 0 Å². The van der Waals surface area contributed by atoms with E-state index in [1.165, 1.54) is 10.9 Å². The molecule has 4 aromatic rings. The Morgan fingerprint density at radius 3 is 2.69 bits per heavy atom. The standard InChI is InChI=1S/C20H17N7O2/c28-18-11-21-26(17-4-2-1-3-16(17)18)12-19(29)22-14-7-5-13(6-8-14)20-23-24-25-27(20)15-9-10-15/h1-8,11,15H,9-10,12H2,(H,22,29). The number of hydrogen-bond acceptors (Lipinski definition) is 6. The maximum Gasteiger partial charge on any atom is 0.246 e. The van der Waals surface area contributed by atoms with Gasteiger partial charge in [0, 0.05) is 16.6 Å².